The summed E-state index contributed by atoms with van der Waals surface area (Å²) in [6.45, 7) is 8.80. The van der Waals surface area contributed by atoms with Crippen molar-refractivity contribution in [2.24, 2.45) is 0 Å². The Bertz CT molecular complexity index is 347. The molecule has 0 spiro atoms. The van der Waals surface area contributed by atoms with Crippen molar-refractivity contribution in [3.8, 4) is 0 Å². The van der Waals surface area contributed by atoms with Crippen molar-refractivity contribution in [1.29, 1.82) is 0 Å². The summed E-state index contributed by atoms with van der Waals surface area (Å²) in [7, 11) is 0. The highest BCUT2D eigenvalue weighted by atomic mass is 16.3. The second kappa shape index (κ2) is 7.51. The molecule has 19 heavy (non-hydrogen) atoms. The maximum atomic E-state index is 9.93. The minimum atomic E-state index is -0.190. The maximum absolute atomic E-state index is 9.93. The van der Waals surface area contributed by atoms with Crippen LogP contribution in [0, 0.1) is 6.92 Å². The van der Waals surface area contributed by atoms with E-state index in [1.807, 2.05) is 0 Å². The highest BCUT2D eigenvalue weighted by Gasteiger charge is 2.18. The number of aliphatic hydroxyl groups excluding tert-OH is 1. The third-order valence-electron chi connectivity index (χ3n) is 3.75. The molecule has 3 nitrogen and oxygen atoms in total. The third-order valence-corrected chi connectivity index (χ3v) is 3.75. The Labute approximate surface area is 116 Å². The molecule has 0 saturated carbocycles. The van der Waals surface area contributed by atoms with E-state index in [4.69, 9.17) is 0 Å². The molecule has 1 heterocycles. The van der Waals surface area contributed by atoms with E-state index in [0.29, 0.717) is 0 Å². The first-order valence-electron chi connectivity index (χ1n) is 7.29. The van der Waals surface area contributed by atoms with Crippen LogP contribution in [0.15, 0.2) is 30.3 Å². The summed E-state index contributed by atoms with van der Waals surface area (Å²) in [6, 6.07) is 10.6. The quantitative estimate of drug-likeness (QED) is 0.850. The Morgan fingerprint density at radius 3 is 2.42 bits per heavy atom. The Kier molecular flexibility index (Phi) is 5.67. The van der Waals surface area contributed by atoms with Crippen LogP contribution in [0.3, 0.4) is 0 Å². The van der Waals surface area contributed by atoms with E-state index in [9.17, 15) is 5.11 Å². The topological polar surface area (TPSA) is 26.7 Å². The van der Waals surface area contributed by atoms with Gasteiger partial charge >= 0.3 is 0 Å². The summed E-state index contributed by atoms with van der Waals surface area (Å²) in [5.74, 6) is 0. The van der Waals surface area contributed by atoms with Gasteiger partial charge in [-0.1, -0.05) is 38.0 Å². The third kappa shape index (κ3) is 4.51. The highest BCUT2D eigenvalue weighted by Crippen LogP contribution is 2.15. The predicted octanol–water partition coefficient (Wildman–Crippen LogP) is 2.17. The first kappa shape index (κ1) is 14.4. The van der Waals surface area contributed by atoms with Gasteiger partial charge in [-0.25, -0.2) is 0 Å². The monoisotopic (exact) mass is 261 g/mol. The zero-order valence-corrected chi connectivity index (χ0v) is 11.7. The van der Waals surface area contributed by atoms with Crippen molar-refractivity contribution < 1.29 is 5.11 Å². The van der Waals surface area contributed by atoms with Gasteiger partial charge in [0.2, 0.25) is 0 Å². The molecule has 105 valence electrons. The fraction of sp³-hybridized carbons (Fsp3) is 0.562. The number of β-amino-alcohol motifs (C(OH)–C–C–N with tert-alkyl or cyclic N) is 1. The summed E-state index contributed by atoms with van der Waals surface area (Å²) in [5, 5.41) is 9.93. The highest BCUT2D eigenvalue weighted by molar-refractivity contribution is 5.46. The lowest BCUT2D eigenvalue weighted by Gasteiger charge is -2.36. The van der Waals surface area contributed by atoms with Crippen LogP contribution in [0.4, 0.5) is 5.69 Å². The summed E-state index contributed by atoms with van der Waals surface area (Å²) in [6.07, 6.45) is 2.62. The van der Waals surface area contributed by atoms with Crippen LogP contribution in [-0.2, 0) is 0 Å². The van der Waals surface area contributed by atoms with Crippen LogP contribution in [0.5, 0.6) is 0 Å². The number of nitrogens with zero attached hydrogens (tertiary/aromatic N) is 2. The molecule has 0 aromatic heterocycles. The van der Waals surface area contributed by atoms with Crippen LogP contribution < -0.4 is 4.90 Å². The zero-order chi connectivity index (χ0) is 13.5. The largest absolute Gasteiger partial charge is 0.392 e. The molecule has 1 fully saturated rings. The van der Waals surface area contributed by atoms with Gasteiger partial charge in [-0.3, -0.25) is 4.90 Å². The Hall–Kier alpha value is -1.06. The molecule has 2 rings (SSSR count). The average Bonchev–Trinajstić information content (AvgIpc) is 2.47. The number of para-hydroxylation sites is 1. The van der Waals surface area contributed by atoms with Gasteiger partial charge in [0, 0.05) is 38.4 Å². The van der Waals surface area contributed by atoms with E-state index in [-0.39, 0.29) is 6.10 Å². The molecule has 1 aliphatic rings. The second-order valence-electron chi connectivity index (χ2n) is 5.27. The zero-order valence-electron chi connectivity index (χ0n) is 11.7. The lowest BCUT2D eigenvalue weighted by Crippen LogP contribution is -2.48. The molecule has 1 saturated heterocycles. The Balaban J connectivity index is 1.73. The summed E-state index contributed by atoms with van der Waals surface area (Å²) >= 11 is 0. The number of hydrogen-bond acceptors (Lipinski definition) is 3. The van der Waals surface area contributed by atoms with Crippen LogP contribution in [-0.4, -0.2) is 48.8 Å². The van der Waals surface area contributed by atoms with Gasteiger partial charge in [0.25, 0.3) is 0 Å². The molecular weight excluding hydrogens is 236 g/mol. The lowest BCUT2D eigenvalue weighted by atomic mass is 10.1. The van der Waals surface area contributed by atoms with E-state index in [1.54, 1.807) is 0 Å². The van der Waals surface area contributed by atoms with E-state index >= 15 is 0 Å². The number of benzene rings is 1. The number of rotatable bonds is 6. The second-order valence-corrected chi connectivity index (χ2v) is 5.27. The van der Waals surface area contributed by atoms with Crippen LogP contribution >= 0.6 is 0 Å². The Morgan fingerprint density at radius 1 is 1.11 bits per heavy atom. The van der Waals surface area contributed by atoms with E-state index < -0.39 is 0 Å². The van der Waals surface area contributed by atoms with E-state index in [2.05, 4.69) is 47.1 Å². The molecule has 1 aliphatic heterocycles. The smallest absolute Gasteiger partial charge is 0.0667 e. The van der Waals surface area contributed by atoms with Crippen molar-refractivity contribution in [2.45, 2.75) is 25.4 Å². The standard InChI is InChI=1S/C16H25N2O/c1-2-3-9-16(19)14-17-10-12-18(13-11-17)15-7-5-4-6-8-15/h4-8,16,19H,1-3,9-14H2. The lowest BCUT2D eigenvalue weighted by molar-refractivity contribution is 0.100. The molecule has 0 aliphatic carbocycles. The first-order valence-corrected chi connectivity index (χ1v) is 7.29. The molecule has 1 aromatic carbocycles. The predicted molar refractivity (Wildman–Crippen MR) is 80.3 cm³/mol. The normalized spacial score (nSPS) is 18.5. The summed E-state index contributed by atoms with van der Waals surface area (Å²) < 4.78 is 0. The molecule has 0 bridgehead atoms. The van der Waals surface area contributed by atoms with Gasteiger partial charge in [-0.15, -0.1) is 0 Å². The molecule has 1 radical (unpaired) electrons. The fourth-order valence-electron chi connectivity index (χ4n) is 2.60. The van der Waals surface area contributed by atoms with Crippen molar-refractivity contribution in [1.82, 2.24) is 4.90 Å². The summed E-state index contributed by atoms with van der Waals surface area (Å²) in [5.41, 5.74) is 1.31. The SMILES string of the molecule is [CH2]CCCC(O)CN1CCN(c2ccccc2)CC1. The molecule has 1 atom stereocenters. The van der Waals surface area contributed by atoms with Crippen molar-refractivity contribution in [2.75, 3.05) is 37.6 Å². The summed E-state index contributed by atoms with van der Waals surface area (Å²) in [4.78, 5) is 4.78. The molecule has 3 heteroatoms. The van der Waals surface area contributed by atoms with E-state index in [1.165, 1.54) is 5.69 Å². The van der Waals surface area contributed by atoms with Crippen LogP contribution in [0.2, 0.25) is 0 Å². The van der Waals surface area contributed by atoms with Gasteiger partial charge in [0.1, 0.15) is 0 Å². The Morgan fingerprint density at radius 2 is 1.79 bits per heavy atom. The van der Waals surface area contributed by atoms with Crippen LogP contribution in [0.25, 0.3) is 0 Å². The average molecular weight is 261 g/mol. The van der Waals surface area contributed by atoms with Crippen LogP contribution in [0.1, 0.15) is 19.3 Å². The van der Waals surface area contributed by atoms with E-state index in [0.717, 1.165) is 52.0 Å². The minimum Gasteiger partial charge on any atom is -0.392 e. The van der Waals surface area contributed by atoms with Crippen molar-refractivity contribution >= 4 is 5.69 Å². The minimum absolute atomic E-state index is 0.190. The van der Waals surface area contributed by atoms with Gasteiger partial charge < -0.3 is 10.0 Å². The van der Waals surface area contributed by atoms with Crippen molar-refractivity contribution in [3.05, 3.63) is 37.3 Å². The molecule has 1 unspecified atom stereocenters. The van der Waals surface area contributed by atoms with Gasteiger partial charge in [0.15, 0.2) is 0 Å². The number of aliphatic hydroxyl groups is 1. The maximum Gasteiger partial charge on any atom is 0.0667 e. The molecule has 1 aromatic rings. The number of piperazine rings is 1. The molecular formula is C16H25N2O. The number of anilines is 1. The van der Waals surface area contributed by atoms with Crippen molar-refractivity contribution in [3.63, 3.8) is 0 Å². The fourth-order valence-corrected chi connectivity index (χ4v) is 2.60. The molecule has 0 amide bonds. The number of unbranched alkanes of at least 4 members (excludes halogenated alkanes) is 1. The van der Waals surface area contributed by atoms with Gasteiger partial charge in [-0.05, 0) is 18.6 Å². The van der Waals surface area contributed by atoms with Gasteiger partial charge in [0.05, 0.1) is 6.10 Å². The molecule has 1 N–H and O–H groups in total. The van der Waals surface area contributed by atoms with Gasteiger partial charge in [-0.2, -0.15) is 0 Å². The first-order chi connectivity index (χ1) is 9.29. The number of hydrogen-bond donors (Lipinski definition) is 1.